The second-order valence-electron chi connectivity index (χ2n) is 7.04. The first-order chi connectivity index (χ1) is 12.1. The Morgan fingerprint density at radius 1 is 1.36 bits per heavy atom. The molecule has 7 nitrogen and oxygen atoms in total. The normalized spacial score (nSPS) is 22.1. The molecule has 2 aliphatic rings. The standard InChI is InChI=1S/C18H25N5O2/c1-12-16-9-13(10-19-17(16)22(2)21-12)18(24)20-11-15-3-6-23(15)14-4-7-25-8-5-14/h9-10,14-15H,3-8,11H2,1-2H3,(H,20,24). The van der Waals surface area contributed by atoms with Gasteiger partial charge in [0, 0.05) is 57.0 Å². The molecule has 2 aliphatic heterocycles. The zero-order chi connectivity index (χ0) is 17.4. The number of carbonyl (C=O) groups is 1. The Bertz CT molecular complexity index is 781. The molecule has 0 saturated carbocycles. The van der Waals surface area contributed by atoms with Crippen LogP contribution in [0, 0.1) is 6.92 Å². The number of rotatable bonds is 4. The van der Waals surface area contributed by atoms with Crippen LogP contribution < -0.4 is 5.32 Å². The lowest BCUT2D eigenvalue weighted by molar-refractivity contribution is -0.0222. The summed E-state index contributed by atoms with van der Waals surface area (Å²) in [7, 11) is 1.86. The van der Waals surface area contributed by atoms with E-state index < -0.39 is 0 Å². The van der Waals surface area contributed by atoms with Gasteiger partial charge < -0.3 is 10.1 Å². The molecule has 0 aromatic carbocycles. The van der Waals surface area contributed by atoms with Gasteiger partial charge in [0.05, 0.1) is 11.3 Å². The third-order valence-electron chi connectivity index (χ3n) is 5.47. The summed E-state index contributed by atoms with van der Waals surface area (Å²) in [5.41, 5.74) is 2.30. The van der Waals surface area contributed by atoms with E-state index in [9.17, 15) is 4.79 Å². The van der Waals surface area contributed by atoms with Crippen LogP contribution in [0.15, 0.2) is 12.3 Å². The van der Waals surface area contributed by atoms with Gasteiger partial charge in [0.15, 0.2) is 5.65 Å². The first kappa shape index (κ1) is 16.5. The maximum absolute atomic E-state index is 12.5. The highest BCUT2D eigenvalue weighted by molar-refractivity contribution is 5.97. The lowest BCUT2D eigenvalue weighted by Gasteiger charge is -2.47. The summed E-state index contributed by atoms with van der Waals surface area (Å²) >= 11 is 0. The van der Waals surface area contributed by atoms with Crippen molar-refractivity contribution >= 4 is 16.9 Å². The Kier molecular flexibility index (Phi) is 4.43. The number of amides is 1. The zero-order valence-corrected chi connectivity index (χ0v) is 14.9. The summed E-state index contributed by atoms with van der Waals surface area (Å²) in [6.45, 7) is 5.48. The third-order valence-corrected chi connectivity index (χ3v) is 5.47. The number of hydrogen-bond acceptors (Lipinski definition) is 5. The first-order valence-corrected chi connectivity index (χ1v) is 9.04. The van der Waals surface area contributed by atoms with E-state index in [1.807, 2.05) is 20.0 Å². The van der Waals surface area contributed by atoms with E-state index in [4.69, 9.17) is 4.74 Å². The average molecular weight is 343 g/mol. The lowest BCUT2D eigenvalue weighted by atomic mass is 9.95. The summed E-state index contributed by atoms with van der Waals surface area (Å²) in [4.78, 5) is 19.4. The largest absolute Gasteiger partial charge is 0.381 e. The molecule has 2 aromatic rings. The van der Waals surface area contributed by atoms with Gasteiger partial charge in [-0.2, -0.15) is 5.10 Å². The van der Waals surface area contributed by atoms with E-state index in [1.54, 1.807) is 10.9 Å². The molecular weight excluding hydrogens is 318 g/mol. The van der Waals surface area contributed by atoms with Crippen molar-refractivity contribution in [3.63, 3.8) is 0 Å². The van der Waals surface area contributed by atoms with Gasteiger partial charge >= 0.3 is 0 Å². The Morgan fingerprint density at radius 3 is 2.88 bits per heavy atom. The number of nitrogens with zero attached hydrogens (tertiary/aromatic N) is 4. The summed E-state index contributed by atoms with van der Waals surface area (Å²) in [5.74, 6) is -0.0588. The summed E-state index contributed by atoms with van der Waals surface area (Å²) < 4.78 is 7.19. The number of nitrogens with one attached hydrogen (secondary N) is 1. The molecule has 2 aromatic heterocycles. The highest BCUT2D eigenvalue weighted by atomic mass is 16.5. The molecule has 134 valence electrons. The Morgan fingerprint density at radius 2 is 2.16 bits per heavy atom. The lowest BCUT2D eigenvalue weighted by Crippen LogP contribution is -2.58. The Hall–Kier alpha value is -1.99. The second kappa shape index (κ2) is 6.72. The summed E-state index contributed by atoms with van der Waals surface area (Å²) in [6.07, 6.45) is 4.99. The van der Waals surface area contributed by atoms with Crippen molar-refractivity contribution in [2.24, 2.45) is 7.05 Å². The fourth-order valence-electron chi connectivity index (χ4n) is 3.92. The SMILES string of the molecule is Cc1nn(C)c2ncc(C(=O)NCC3CCN3C3CCOCC3)cc12. The minimum atomic E-state index is -0.0588. The first-order valence-electron chi connectivity index (χ1n) is 9.04. The smallest absolute Gasteiger partial charge is 0.252 e. The molecule has 1 amide bonds. The van der Waals surface area contributed by atoms with Crippen LogP contribution in [0.2, 0.25) is 0 Å². The van der Waals surface area contributed by atoms with Crippen molar-refractivity contribution in [1.29, 1.82) is 0 Å². The molecule has 1 unspecified atom stereocenters. The molecule has 0 aliphatic carbocycles. The van der Waals surface area contributed by atoms with Crippen LogP contribution in [0.1, 0.15) is 35.3 Å². The van der Waals surface area contributed by atoms with E-state index >= 15 is 0 Å². The molecule has 0 radical (unpaired) electrons. The number of hydrogen-bond donors (Lipinski definition) is 1. The van der Waals surface area contributed by atoms with Crippen LogP contribution in [0.4, 0.5) is 0 Å². The second-order valence-corrected chi connectivity index (χ2v) is 7.04. The van der Waals surface area contributed by atoms with E-state index in [2.05, 4.69) is 20.3 Å². The van der Waals surface area contributed by atoms with Crippen LogP contribution >= 0.6 is 0 Å². The molecule has 7 heteroatoms. The van der Waals surface area contributed by atoms with E-state index in [1.165, 1.54) is 0 Å². The maximum atomic E-state index is 12.5. The molecule has 1 atom stereocenters. The molecule has 4 rings (SSSR count). The minimum absolute atomic E-state index is 0.0588. The van der Waals surface area contributed by atoms with Crippen molar-refractivity contribution in [1.82, 2.24) is 25.0 Å². The topological polar surface area (TPSA) is 72.3 Å². The van der Waals surface area contributed by atoms with Gasteiger partial charge in [-0.05, 0) is 32.3 Å². The fraction of sp³-hybridized carbons (Fsp3) is 0.611. The zero-order valence-electron chi connectivity index (χ0n) is 14.9. The molecule has 2 fully saturated rings. The molecular formula is C18H25N5O2. The van der Waals surface area contributed by atoms with Crippen molar-refractivity contribution in [2.45, 2.75) is 38.3 Å². The van der Waals surface area contributed by atoms with E-state index in [0.717, 1.165) is 55.7 Å². The monoisotopic (exact) mass is 343 g/mol. The predicted molar refractivity (Wildman–Crippen MR) is 94.5 cm³/mol. The number of fused-ring (bicyclic) bond motifs is 1. The number of likely N-dealkylation sites (tertiary alicyclic amines) is 1. The van der Waals surface area contributed by atoms with Gasteiger partial charge in [0.2, 0.25) is 0 Å². The van der Waals surface area contributed by atoms with Gasteiger partial charge in [-0.25, -0.2) is 4.98 Å². The van der Waals surface area contributed by atoms with Crippen LogP contribution in [-0.2, 0) is 11.8 Å². The fourth-order valence-corrected chi connectivity index (χ4v) is 3.92. The minimum Gasteiger partial charge on any atom is -0.381 e. The maximum Gasteiger partial charge on any atom is 0.252 e. The molecule has 0 bridgehead atoms. The quantitative estimate of drug-likeness (QED) is 0.905. The Labute approximate surface area is 147 Å². The van der Waals surface area contributed by atoms with Crippen molar-refractivity contribution in [2.75, 3.05) is 26.3 Å². The van der Waals surface area contributed by atoms with Crippen molar-refractivity contribution < 1.29 is 9.53 Å². The number of ether oxygens (including phenoxy) is 1. The molecule has 0 spiro atoms. The number of carbonyl (C=O) groups excluding carboxylic acids is 1. The van der Waals surface area contributed by atoms with Crippen LogP contribution in [0.25, 0.3) is 11.0 Å². The predicted octanol–water partition coefficient (Wildman–Crippen LogP) is 1.26. The number of aromatic nitrogens is 3. The molecule has 25 heavy (non-hydrogen) atoms. The van der Waals surface area contributed by atoms with Crippen LogP contribution in [0.5, 0.6) is 0 Å². The van der Waals surface area contributed by atoms with Gasteiger partial charge in [-0.1, -0.05) is 0 Å². The van der Waals surface area contributed by atoms with Crippen molar-refractivity contribution in [3.8, 4) is 0 Å². The molecule has 2 saturated heterocycles. The van der Waals surface area contributed by atoms with Crippen LogP contribution in [0.3, 0.4) is 0 Å². The highest BCUT2D eigenvalue weighted by Gasteiger charge is 2.34. The van der Waals surface area contributed by atoms with Gasteiger partial charge in [-0.15, -0.1) is 0 Å². The van der Waals surface area contributed by atoms with Gasteiger partial charge in [-0.3, -0.25) is 14.4 Å². The van der Waals surface area contributed by atoms with Gasteiger partial charge in [0.25, 0.3) is 5.91 Å². The number of pyridine rings is 1. The third kappa shape index (κ3) is 3.14. The number of aryl methyl sites for hydroxylation is 2. The summed E-state index contributed by atoms with van der Waals surface area (Å²) in [5, 5.41) is 8.37. The van der Waals surface area contributed by atoms with E-state index in [-0.39, 0.29) is 5.91 Å². The highest BCUT2D eigenvalue weighted by Crippen LogP contribution is 2.25. The van der Waals surface area contributed by atoms with Crippen molar-refractivity contribution in [3.05, 3.63) is 23.5 Å². The summed E-state index contributed by atoms with van der Waals surface area (Å²) in [6, 6.07) is 2.95. The van der Waals surface area contributed by atoms with E-state index in [0.29, 0.717) is 24.2 Å². The molecule has 4 heterocycles. The Balaban J connectivity index is 1.38. The van der Waals surface area contributed by atoms with Gasteiger partial charge in [0.1, 0.15) is 0 Å². The average Bonchev–Trinajstić information content (AvgIpc) is 2.89. The van der Waals surface area contributed by atoms with Crippen LogP contribution in [-0.4, -0.2) is 64.0 Å². The molecule has 1 N–H and O–H groups in total.